The van der Waals surface area contributed by atoms with Gasteiger partial charge in [0.25, 0.3) is 0 Å². The van der Waals surface area contributed by atoms with Crippen LogP contribution >= 0.6 is 11.8 Å². The summed E-state index contributed by atoms with van der Waals surface area (Å²) in [5.41, 5.74) is 1.17. The number of hydrogen-bond donors (Lipinski definition) is 1. The number of hydrogen-bond acceptors (Lipinski definition) is 4. The van der Waals surface area contributed by atoms with Gasteiger partial charge in [-0.25, -0.2) is 12.8 Å². The van der Waals surface area contributed by atoms with Gasteiger partial charge < -0.3 is 5.32 Å². The molecule has 8 heteroatoms. The molecule has 1 atom stereocenters. The Kier molecular flexibility index (Phi) is 6.66. The Hall–Kier alpha value is -2.06. The highest BCUT2D eigenvalue weighted by Gasteiger charge is 2.22. The molecule has 140 valence electrons. The monoisotopic (exact) mass is 396 g/mol. The molecule has 0 saturated heterocycles. The molecule has 0 aromatic heterocycles. The zero-order chi connectivity index (χ0) is 19.3. The third-order valence-electron chi connectivity index (χ3n) is 3.78. The minimum Gasteiger partial charge on any atom is -0.348 e. The number of anilines is 1. The molecule has 2 aromatic rings. The molecule has 0 saturated carbocycles. The predicted molar refractivity (Wildman–Crippen MR) is 103 cm³/mol. The van der Waals surface area contributed by atoms with E-state index in [1.165, 1.54) is 23.9 Å². The van der Waals surface area contributed by atoms with Gasteiger partial charge in [-0.1, -0.05) is 18.2 Å². The highest BCUT2D eigenvalue weighted by molar-refractivity contribution is 7.98. The van der Waals surface area contributed by atoms with E-state index >= 15 is 0 Å². The first-order valence-electron chi connectivity index (χ1n) is 7.87. The maximum absolute atomic E-state index is 13.0. The standard InChI is InChI=1S/C18H21FN2O3S2/c1-13(14-7-9-15(19)10-8-14)20-18(22)12-21(26(3,23)24)16-5-4-6-17(11-16)25-2/h4-11,13H,12H2,1-3H3,(H,20,22)/t13-/m1/s1. The summed E-state index contributed by atoms with van der Waals surface area (Å²) in [6.45, 7) is 1.42. The Labute approximate surface area is 157 Å². The van der Waals surface area contributed by atoms with E-state index in [4.69, 9.17) is 0 Å². The van der Waals surface area contributed by atoms with Gasteiger partial charge in [-0.15, -0.1) is 11.8 Å². The molecule has 0 unspecified atom stereocenters. The van der Waals surface area contributed by atoms with Gasteiger partial charge in [0.1, 0.15) is 12.4 Å². The van der Waals surface area contributed by atoms with Gasteiger partial charge in [0, 0.05) is 4.90 Å². The molecule has 1 amide bonds. The van der Waals surface area contributed by atoms with Crippen molar-refractivity contribution in [3.8, 4) is 0 Å². The van der Waals surface area contributed by atoms with Crippen LogP contribution in [0.25, 0.3) is 0 Å². The second-order valence-corrected chi connectivity index (χ2v) is 8.60. The van der Waals surface area contributed by atoms with Crippen LogP contribution in [0.2, 0.25) is 0 Å². The minimum absolute atomic E-state index is 0.331. The lowest BCUT2D eigenvalue weighted by atomic mass is 10.1. The number of amides is 1. The molecule has 0 aliphatic carbocycles. The highest BCUT2D eigenvalue weighted by Crippen LogP contribution is 2.24. The SMILES string of the molecule is CSc1cccc(N(CC(=O)N[C@H](C)c2ccc(F)cc2)S(C)(=O)=O)c1. The number of halogens is 1. The number of carbonyl (C=O) groups is 1. The fraction of sp³-hybridized carbons (Fsp3) is 0.278. The van der Waals surface area contributed by atoms with Gasteiger partial charge in [0.2, 0.25) is 15.9 Å². The third kappa shape index (κ3) is 5.47. The van der Waals surface area contributed by atoms with E-state index in [1.807, 2.05) is 12.3 Å². The molecule has 2 aromatic carbocycles. The number of nitrogens with one attached hydrogen (secondary N) is 1. The Morgan fingerprint density at radius 3 is 2.46 bits per heavy atom. The van der Waals surface area contributed by atoms with Gasteiger partial charge in [0.05, 0.1) is 18.0 Å². The van der Waals surface area contributed by atoms with E-state index in [2.05, 4.69) is 5.32 Å². The second kappa shape index (κ2) is 8.55. The van der Waals surface area contributed by atoms with Crippen LogP contribution in [-0.4, -0.2) is 33.4 Å². The maximum Gasteiger partial charge on any atom is 0.241 e. The largest absolute Gasteiger partial charge is 0.348 e. The van der Waals surface area contributed by atoms with Crippen molar-refractivity contribution in [2.45, 2.75) is 17.9 Å². The first-order valence-corrected chi connectivity index (χ1v) is 10.9. The quantitative estimate of drug-likeness (QED) is 0.730. The summed E-state index contributed by atoms with van der Waals surface area (Å²) in [6, 6.07) is 12.4. The van der Waals surface area contributed by atoms with Crippen LogP contribution in [0, 0.1) is 5.82 Å². The Morgan fingerprint density at radius 1 is 1.23 bits per heavy atom. The van der Waals surface area contributed by atoms with Gasteiger partial charge >= 0.3 is 0 Å². The van der Waals surface area contributed by atoms with E-state index in [9.17, 15) is 17.6 Å². The fourth-order valence-electron chi connectivity index (χ4n) is 2.42. The summed E-state index contributed by atoms with van der Waals surface area (Å²) in [4.78, 5) is 13.3. The zero-order valence-corrected chi connectivity index (χ0v) is 16.4. The van der Waals surface area contributed by atoms with E-state index in [1.54, 1.807) is 37.3 Å². The first-order chi connectivity index (χ1) is 12.2. The molecule has 0 aliphatic rings. The number of benzene rings is 2. The number of sulfonamides is 1. The van der Waals surface area contributed by atoms with Crippen molar-refractivity contribution in [1.82, 2.24) is 5.32 Å². The van der Waals surface area contributed by atoms with Crippen molar-refractivity contribution in [3.05, 3.63) is 59.9 Å². The van der Waals surface area contributed by atoms with Crippen molar-refractivity contribution < 1.29 is 17.6 Å². The molecule has 0 aliphatic heterocycles. The molecule has 2 rings (SSSR count). The average Bonchev–Trinajstić information content (AvgIpc) is 2.59. The lowest BCUT2D eigenvalue weighted by molar-refractivity contribution is -0.120. The number of nitrogens with zero attached hydrogens (tertiary/aromatic N) is 1. The van der Waals surface area contributed by atoms with Crippen LogP contribution in [0.3, 0.4) is 0 Å². The molecular weight excluding hydrogens is 375 g/mol. The van der Waals surface area contributed by atoms with Crippen LogP contribution < -0.4 is 9.62 Å². The third-order valence-corrected chi connectivity index (χ3v) is 5.64. The Balaban J connectivity index is 2.15. The average molecular weight is 397 g/mol. The van der Waals surface area contributed by atoms with Crippen LogP contribution in [-0.2, 0) is 14.8 Å². The molecular formula is C18H21FN2O3S2. The number of rotatable bonds is 7. The Morgan fingerprint density at radius 2 is 1.88 bits per heavy atom. The van der Waals surface area contributed by atoms with Crippen LogP contribution in [0.15, 0.2) is 53.4 Å². The van der Waals surface area contributed by atoms with Crippen molar-refractivity contribution in [2.24, 2.45) is 0 Å². The summed E-state index contributed by atoms with van der Waals surface area (Å²) < 4.78 is 38.4. The summed E-state index contributed by atoms with van der Waals surface area (Å²) in [5.74, 6) is -0.800. The first kappa shape index (κ1) is 20.3. The molecule has 0 radical (unpaired) electrons. The van der Waals surface area contributed by atoms with Gasteiger partial charge in [-0.3, -0.25) is 9.10 Å². The number of thioether (sulfide) groups is 1. The molecule has 5 nitrogen and oxygen atoms in total. The maximum atomic E-state index is 13.0. The van der Waals surface area contributed by atoms with Gasteiger partial charge in [-0.05, 0) is 49.1 Å². The molecule has 0 heterocycles. The molecule has 0 fully saturated rings. The summed E-state index contributed by atoms with van der Waals surface area (Å²) in [5, 5.41) is 2.74. The molecule has 0 spiro atoms. The smallest absolute Gasteiger partial charge is 0.241 e. The predicted octanol–water partition coefficient (Wildman–Crippen LogP) is 3.19. The summed E-state index contributed by atoms with van der Waals surface area (Å²) in [6.07, 6.45) is 2.95. The van der Waals surface area contributed by atoms with Crippen LogP contribution in [0.5, 0.6) is 0 Å². The zero-order valence-electron chi connectivity index (χ0n) is 14.8. The van der Waals surface area contributed by atoms with Crippen molar-refractivity contribution in [2.75, 3.05) is 23.4 Å². The Bertz CT molecular complexity index is 870. The fourth-order valence-corrected chi connectivity index (χ4v) is 3.72. The lowest BCUT2D eigenvalue weighted by Crippen LogP contribution is -2.41. The van der Waals surface area contributed by atoms with Crippen molar-refractivity contribution in [1.29, 1.82) is 0 Å². The van der Waals surface area contributed by atoms with Crippen molar-refractivity contribution in [3.63, 3.8) is 0 Å². The van der Waals surface area contributed by atoms with Crippen molar-refractivity contribution >= 4 is 33.4 Å². The van der Waals surface area contributed by atoms with E-state index in [0.29, 0.717) is 5.69 Å². The second-order valence-electron chi connectivity index (χ2n) is 5.81. The van der Waals surface area contributed by atoms with Gasteiger partial charge in [0.15, 0.2) is 0 Å². The normalized spacial score (nSPS) is 12.5. The highest BCUT2D eigenvalue weighted by atomic mass is 32.2. The van der Waals surface area contributed by atoms with Gasteiger partial charge in [-0.2, -0.15) is 0 Å². The van der Waals surface area contributed by atoms with E-state index < -0.39 is 15.9 Å². The molecule has 1 N–H and O–H groups in total. The van der Waals surface area contributed by atoms with Crippen LogP contribution in [0.4, 0.5) is 10.1 Å². The molecule has 26 heavy (non-hydrogen) atoms. The number of carbonyl (C=O) groups excluding carboxylic acids is 1. The summed E-state index contributed by atoms with van der Waals surface area (Å²) in [7, 11) is -3.63. The van der Waals surface area contributed by atoms with E-state index in [-0.39, 0.29) is 18.4 Å². The molecule has 0 bridgehead atoms. The minimum atomic E-state index is -3.63. The lowest BCUT2D eigenvalue weighted by Gasteiger charge is -2.23. The van der Waals surface area contributed by atoms with Crippen LogP contribution in [0.1, 0.15) is 18.5 Å². The van der Waals surface area contributed by atoms with E-state index in [0.717, 1.165) is 21.0 Å². The summed E-state index contributed by atoms with van der Waals surface area (Å²) >= 11 is 1.49. The topological polar surface area (TPSA) is 66.5 Å².